The summed E-state index contributed by atoms with van der Waals surface area (Å²) in [6, 6.07) is 20.2. The fraction of sp³-hybridized carbons (Fsp3) is 0.0800. The SMILES string of the molecule is O=C(COc1ccccc1/C=C1\SC(=S)N(c2ccccc2)C1=O)Nc1cccc(C(F)(F)F)c1. The predicted molar refractivity (Wildman–Crippen MR) is 134 cm³/mol. The predicted octanol–water partition coefficient (Wildman–Crippen LogP) is 6.13. The summed E-state index contributed by atoms with van der Waals surface area (Å²) < 4.78 is 44.6. The van der Waals surface area contributed by atoms with E-state index < -0.39 is 24.3 Å². The van der Waals surface area contributed by atoms with Gasteiger partial charge in [-0.3, -0.25) is 14.5 Å². The Morgan fingerprint density at radius 2 is 1.74 bits per heavy atom. The number of carbonyl (C=O) groups is 2. The molecule has 3 aromatic rings. The second kappa shape index (κ2) is 10.3. The monoisotopic (exact) mass is 514 g/mol. The minimum absolute atomic E-state index is 0.00583. The molecule has 1 N–H and O–H groups in total. The summed E-state index contributed by atoms with van der Waals surface area (Å²) in [6.45, 7) is -0.438. The van der Waals surface area contributed by atoms with Crippen molar-refractivity contribution in [3.8, 4) is 5.75 Å². The molecule has 0 aromatic heterocycles. The van der Waals surface area contributed by atoms with Gasteiger partial charge in [-0.25, -0.2) is 0 Å². The maximum atomic E-state index is 13.0. The standard InChI is InChI=1S/C25H17F3N2O3S2/c26-25(27,28)17-8-6-9-18(14-17)29-22(31)15-33-20-12-5-4-7-16(20)13-21-23(32)30(24(34)35-21)19-10-2-1-3-11-19/h1-14H,15H2,(H,29,31)/b21-13-. The molecule has 0 aliphatic carbocycles. The Morgan fingerprint density at radius 3 is 2.49 bits per heavy atom. The maximum absolute atomic E-state index is 13.0. The third-order valence-corrected chi connectivity index (χ3v) is 6.15. The van der Waals surface area contributed by atoms with Gasteiger partial charge in [-0.2, -0.15) is 13.2 Å². The molecular formula is C25H17F3N2O3S2. The lowest BCUT2D eigenvalue weighted by molar-refractivity contribution is -0.137. The molecule has 1 aliphatic rings. The van der Waals surface area contributed by atoms with Gasteiger partial charge in [0, 0.05) is 11.3 Å². The molecule has 0 saturated carbocycles. The molecule has 4 rings (SSSR count). The summed E-state index contributed by atoms with van der Waals surface area (Å²) in [6.07, 6.45) is -2.89. The van der Waals surface area contributed by atoms with Crippen molar-refractivity contribution in [2.24, 2.45) is 0 Å². The molecule has 0 atom stereocenters. The zero-order valence-corrected chi connectivity index (χ0v) is 19.5. The first-order valence-corrected chi connectivity index (χ1v) is 11.5. The van der Waals surface area contributed by atoms with Crippen molar-refractivity contribution in [2.75, 3.05) is 16.8 Å². The number of halogens is 3. The Morgan fingerprint density at radius 1 is 1.03 bits per heavy atom. The van der Waals surface area contributed by atoms with Crippen LogP contribution >= 0.6 is 24.0 Å². The number of benzene rings is 3. The Kier molecular flexibility index (Phi) is 7.23. The third kappa shape index (κ3) is 5.90. The highest BCUT2D eigenvalue weighted by Gasteiger charge is 2.33. The van der Waals surface area contributed by atoms with Gasteiger partial charge in [0.1, 0.15) is 5.75 Å². The lowest BCUT2D eigenvalue weighted by Crippen LogP contribution is -2.27. The van der Waals surface area contributed by atoms with Gasteiger partial charge in [0.05, 0.1) is 16.2 Å². The smallest absolute Gasteiger partial charge is 0.416 e. The molecule has 10 heteroatoms. The first-order chi connectivity index (χ1) is 16.7. The van der Waals surface area contributed by atoms with Gasteiger partial charge in [0.15, 0.2) is 10.9 Å². The van der Waals surface area contributed by atoms with Gasteiger partial charge >= 0.3 is 6.18 Å². The van der Waals surface area contributed by atoms with Gasteiger partial charge < -0.3 is 10.1 Å². The average molecular weight is 515 g/mol. The summed E-state index contributed by atoms with van der Waals surface area (Å²) in [4.78, 5) is 27.1. The van der Waals surface area contributed by atoms with Crippen LogP contribution in [-0.4, -0.2) is 22.7 Å². The molecular weight excluding hydrogens is 497 g/mol. The molecule has 0 radical (unpaired) electrons. The summed E-state index contributed by atoms with van der Waals surface area (Å²) in [5, 5.41) is 2.39. The van der Waals surface area contributed by atoms with Gasteiger partial charge in [-0.05, 0) is 42.5 Å². The Bertz CT molecular complexity index is 1310. The normalized spacial score (nSPS) is 14.9. The first-order valence-electron chi connectivity index (χ1n) is 10.2. The van der Waals surface area contributed by atoms with Gasteiger partial charge in [0.25, 0.3) is 11.8 Å². The van der Waals surface area contributed by atoms with E-state index in [4.69, 9.17) is 17.0 Å². The van der Waals surface area contributed by atoms with E-state index in [0.717, 1.165) is 23.9 Å². The number of thiocarbonyl (C=S) groups is 1. The number of alkyl halides is 3. The molecule has 178 valence electrons. The number of thioether (sulfide) groups is 1. The van der Waals surface area contributed by atoms with Crippen molar-refractivity contribution in [2.45, 2.75) is 6.18 Å². The van der Waals surface area contributed by atoms with Crippen LogP contribution in [0, 0.1) is 0 Å². The van der Waals surface area contributed by atoms with Crippen molar-refractivity contribution in [3.05, 3.63) is 94.9 Å². The second-order valence-electron chi connectivity index (χ2n) is 7.31. The molecule has 1 saturated heterocycles. The van der Waals surface area contributed by atoms with E-state index in [1.54, 1.807) is 42.5 Å². The number of rotatable bonds is 6. The molecule has 3 aromatic carbocycles. The molecule has 2 amide bonds. The van der Waals surface area contributed by atoms with Crippen LogP contribution in [0.3, 0.4) is 0 Å². The summed E-state index contributed by atoms with van der Waals surface area (Å²) in [5.74, 6) is -0.575. The minimum Gasteiger partial charge on any atom is -0.483 e. The lowest BCUT2D eigenvalue weighted by Gasteiger charge is -2.14. The Labute approximate surface area is 208 Å². The van der Waals surface area contributed by atoms with E-state index >= 15 is 0 Å². The van der Waals surface area contributed by atoms with E-state index in [-0.39, 0.29) is 11.6 Å². The highest BCUT2D eigenvalue weighted by Crippen LogP contribution is 2.37. The van der Waals surface area contributed by atoms with E-state index in [1.165, 1.54) is 17.0 Å². The van der Waals surface area contributed by atoms with Crippen LogP contribution in [0.25, 0.3) is 6.08 Å². The fourth-order valence-electron chi connectivity index (χ4n) is 3.25. The Hall–Kier alpha value is -3.63. The highest BCUT2D eigenvalue weighted by atomic mass is 32.2. The summed E-state index contributed by atoms with van der Waals surface area (Å²) in [5.41, 5.74) is 0.350. The summed E-state index contributed by atoms with van der Waals surface area (Å²) >= 11 is 6.53. The van der Waals surface area contributed by atoms with E-state index in [1.807, 2.05) is 18.2 Å². The van der Waals surface area contributed by atoms with Gasteiger partial charge in [-0.1, -0.05) is 66.4 Å². The van der Waals surface area contributed by atoms with Crippen LogP contribution in [0.1, 0.15) is 11.1 Å². The largest absolute Gasteiger partial charge is 0.483 e. The average Bonchev–Trinajstić information content (AvgIpc) is 3.11. The molecule has 5 nitrogen and oxygen atoms in total. The van der Waals surface area contributed by atoms with Crippen molar-refractivity contribution in [1.29, 1.82) is 0 Å². The minimum atomic E-state index is -4.52. The number of hydrogen-bond donors (Lipinski definition) is 1. The number of amides is 2. The number of para-hydroxylation sites is 2. The maximum Gasteiger partial charge on any atom is 0.416 e. The van der Waals surface area contributed by atoms with E-state index in [9.17, 15) is 22.8 Å². The second-order valence-corrected chi connectivity index (χ2v) is 8.98. The number of hydrogen-bond acceptors (Lipinski definition) is 5. The molecule has 0 bridgehead atoms. The van der Waals surface area contributed by atoms with Crippen molar-refractivity contribution in [3.63, 3.8) is 0 Å². The molecule has 1 fully saturated rings. The van der Waals surface area contributed by atoms with Crippen LogP contribution < -0.4 is 15.0 Å². The van der Waals surface area contributed by atoms with E-state index in [2.05, 4.69) is 5.32 Å². The van der Waals surface area contributed by atoms with Gasteiger partial charge in [0.2, 0.25) is 0 Å². The first kappa shape index (κ1) is 24.5. The Balaban J connectivity index is 1.46. The molecule has 1 aliphatic heterocycles. The van der Waals surface area contributed by atoms with Crippen molar-refractivity contribution >= 4 is 57.6 Å². The van der Waals surface area contributed by atoms with Crippen LogP contribution in [0.15, 0.2) is 83.8 Å². The number of nitrogens with zero attached hydrogens (tertiary/aromatic N) is 1. The van der Waals surface area contributed by atoms with Gasteiger partial charge in [-0.15, -0.1) is 0 Å². The topological polar surface area (TPSA) is 58.6 Å². The zero-order chi connectivity index (χ0) is 25.0. The highest BCUT2D eigenvalue weighted by molar-refractivity contribution is 8.27. The zero-order valence-electron chi connectivity index (χ0n) is 17.9. The fourth-order valence-corrected chi connectivity index (χ4v) is 4.54. The lowest BCUT2D eigenvalue weighted by atomic mass is 10.2. The van der Waals surface area contributed by atoms with Crippen LogP contribution in [0.5, 0.6) is 5.75 Å². The molecule has 35 heavy (non-hydrogen) atoms. The number of anilines is 2. The van der Waals surface area contributed by atoms with Crippen molar-refractivity contribution in [1.82, 2.24) is 0 Å². The van der Waals surface area contributed by atoms with Crippen molar-refractivity contribution < 1.29 is 27.5 Å². The number of carbonyl (C=O) groups excluding carboxylic acids is 2. The summed E-state index contributed by atoms with van der Waals surface area (Å²) in [7, 11) is 0. The van der Waals surface area contributed by atoms with E-state index in [0.29, 0.717) is 26.2 Å². The quantitative estimate of drug-likeness (QED) is 0.317. The molecule has 0 spiro atoms. The van der Waals surface area contributed by atoms with Crippen LogP contribution in [0.4, 0.5) is 24.5 Å². The number of nitrogens with one attached hydrogen (secondary N) is 1. The molecule has 1 heterocycles. The third-order valence-electron chi connectivity index (χ3n) is 4.85. The van der Waals surface area contributed by atoms with Crippen LogP contribution in [-0.2, 0) is 15.8 Å². The number of ether oxygens (including phenoxy) is 1. The van der Waals surface area contributed by atoms with Crippen LogP contribution in [0.2, 0.25) is 0 Å². The molecule has 0 unspecified atom stereocenters.